The lowest BCUT2D eigenvalue weighted by Crippen LogP contribution is -2.17. The van der Waals surface area contributed by atoms with E-state index in [1.807, 2.05) is 20.8 Å². The maximum atomic E-state index is 15.3. The molecule has 2 aliphatic rings. The molecule has 1 aromatic carbocycles. The quantitative estimate of drug-likeness (QED) is 0.601. The van der Waals surface area contributed by atoms with Crippen LogP contribution in [0.15, 0.2) is 6.07 Å². The summed E-state index contributed by atoms with van der Waals surface area (Å²) in [5, 5.41) is 10.1. The summed E-state index contributed by atoms with van der Waals surface area (Å²) in [7, 11) is 0. The zero-order chi connectivity index (χ0) is 22.6. The molecule has 0 saturated heterocycles. The number of fused-ring (bicyclic) bond motifs is 4. The Kier molecular flexibility index (Phi) is 5.14. The third-order valence-electron chi connectivity index (χ3n) is 6.91. The molecule has 0 saturated carbocycles. The highest BCUT2D eigenvalue weighted by Crippen LogP contribution is 2.44. The van der Waals surface area contributed by atoms with Crippen LogP contribution in [0.3, 0.4) is 0 Å². The Bertz CT molecular complexity index is 1250. The van der Waals surface area contributed by atoms with E-state index in [9.17, 15) is 9.90 Å². The summed E-state index contributed by atoms with van der Waals surface area (Å²) in [5.74, 6) is -0.681. The van der Waals surface area contributed by atoms with Crippen LogP contribution < -0.4 is 4.74 Å². The standard InChI is InChI=1S/C25H28FN3O3/c1-4-7-16(25(30)31)20-14(3)27-24-22(29-10-5-9-19(29)28-24)21(20)17-12-18(26)23-15(13(17)2)8-6-11-32-23/h12,16H,4-11H2,1-3H3,(H,30,31). The number of carboxylic acid groups (broad SMARTS) is 1. The van der Waals surface area contributed by atoms with E-state index in [1.54, 1.807) is 0 Å². The second-order valence-corrected chi connectivity index (χ2v) is 8.91. The first-order chi connectivity index (χ1) is 15.4. The predicted molar refractivity (Wildman–Crippen MR) is 120 cm³/mol. The molecular weight excluding hydrogens is 409 g/mol. The highest BCUT2D eigenvalue weighted by molar-refractivity contribution is 5.97. The number of aliphatic carboxylic acids is 1. The summed E-state index contributed by atoms with van der Waals surface area (Å²) >= 11 is 0. The number of aryl methyl sites for hydroxylation is 3. The van der Waals surface area contributed by atoms with Gasteiger partial charge in [0.05, 0.1) is 18.0 Å². The van der Waals surface area contributed by atoms with Gasteiger partial charge in [0.15, 0.2) is 17.2 Å². The average Bonchev–Trinajstić information content (AvgIpc) is 3.35. The highest BCUT2D eigenvalue weighted by atomic mass is 19.1. The van der Waals surface area contributed by atoms with Crippen molar-refractivity contribution in [1.29, 1.82) is 0 Å². The minimum Gasteiger partial charge on any atom is -0.490 e. The van der Waals surface area contributed by atoms with E-state index in [1.165, 1.54) is 6.07 Å². The van der Waals surface area contributed by atoms with Crippen molar-refractivity contribution in [3.63, 3.8) is 0 Å². The Balaban J connectivity index is 1.90. The highest BCUT2D eigenvalue weighted by Gasteiger charge is 2.32. The van der Waals surface area contributed by atoms with Crippen molar-refractivity contribution >= 4 is 17.1 Å². The number of carbonyl (C=O) groups is 1. The van der Waals surface area contributed by atoms with Gasteiger partial charge in [0, 0.05) is 29.8 Å². The van der Waals surface area contributed by atoms with Crippen molar-refractivity contribution in [1.82, 2.24) is 14.5 Å². The van der Waals surface area contributed by atoms with Gasteiger partial charge < -0.3 is 14.4 Å². The lowest BCUT2D eigenvalue weighted by molar-refractivity contribution is -0.139. The Morgan fingerprint density at radius 2 is 2.09 bits per heavy atom. The molecule has 7 heteroatoms. The first-order valence-corrected chi connectivity index (χ1v) is 11.5. The van der Waals surface area contributed by atoms with Gasteiger partial charge in [0.25, 0.3) is 0 Å². The maximum absolute atomic E-state index is 15.3. The van der Waals surface area contributed by atoms with Crippen LogP contribution in [0.25, 0.3) is 22.3 Å². The van der Waals surface area contributed by atoms with Gasteiger partial charge in [-0.1, -0.05) is 13.3 Å². The number of halogens is 1. The molecule has 0 spiro atoms. The number of hydrogen-bond donors (Lipinski definition) is 1. The molecule has 32 heavy (non-hydrogen) atoms. The molecule has 4 heterocycles. The zero-order valence-electron chi connectivity index (χ0n) is 18.8. The number of ether oxygens (including phenoxy) is 1. The lowest BCUT2D eigenvalue weighted by Gasteiger charge is -2.25. The molecule has 2 aromatic heterocycles. The van der Waals surface area contributed by atoms with E-state index >= 15 is 4.39 Å². The normalized spacial score (nSPS) is 16.0. The number of carboxylic acids is 1. The third-order valence-corrected chi connectivity index (χ3v) is 6.91. The Labute approximate surface area is 186 Å². The summed E-state index contributed by atoms with van der Waals surface area (Å²) in [6.07, 6.45) is 4.66. The summed E-state index contributed by atoms with van der Waals surface area (Å²) < 4.78 is 23.1. The van der Waals surface area contributed by atoms with Crippen molar-refractivity contribution in [2.24, 2.45) is 0 Å². The molecule has 0 amide bonds. The third kappa shape index (κ3) is 3.09. The zero-order valence-corrected chi connectivity index (χ0v) is 18.8. The van der Waals surface area contributed by atoms with E-state index in [0.717, 1.165) is 72.2 Å². The summed E-state index contributed by atoms with van der Waals surface area (Å²) in [4.78, 5) is 21.9. The fourth-order valence-corrected chi connectivity index (χ4v) is 5.46. The summed E-state index contributed by atoms with van der Waals surface area (Å²) in [6.45, 7) is 7.14. The minimum absolute atomic E-state index is 0.336. The lowest BCUT2D eigenvalue weighted by atomic mass is 9.83. The monoisotopic (exact) mass is 437 g/mol. The smallest absolute Gasteiger partial charge is 0.311 e. The Morgan fingerprint density at radius 3 is 2.84 bits per heavy atom. The van der Waals surface area contributed by atoms with Gasteiger partial charge in [-0.2, -0.15) is 0 Å². The molecule has 0 aliphatic carbocycles. The van der Waals surface area contributed by atoms with E-state index in [2.05, 4.69) is 4.57 Å². The fraction of sp³-hybridized carbons (Fsp3) is 0.480. The van der Waals surface area contributed by atoms with Crippen molar-refractivity contribution in [3.8, 4) is 16.9 Å². The van der Waals surface area contributed by atoms with Crippen LogP contribution >= 0.6 is 0 Å². The summed E-state index contributed by atoms with van der Waals surface area (Å²) in [5.41, 5.74) is 6.12. The Morgan fingerprint density at radius 1 is 1.28 bits per heavy atom. The van der Waals surface area contributed by atoms with Crippen LogP contribution in [0.5, 0.6) is 5.75 Å². The number of pyridine rings is 1. The van der Waals surface area contributed by atoms with Crippen LogP contribution in [-0.4, -0.2) is 32.2 Å². The largest absolute Gasteiger partial charge is 0.490 e. The van der Waals surface area contributed by atoms with Gasteiger partial charge in [-0.3, -0.25) is 4.79 Å². The van der Waals surface area contributed by atoms with Crippen LogP contribution in [0.4, 0.5) is 4.39 Å². The number of nitrogens with zero attached hydrogens (tertiary/aromatic N) is 3. The molecule has 0 fully saturated rings. The topological polar surface area (TPSA) is 77.2 Å². The fourth-order valence-electron chi connectivity index (χ4n) is 5.46. The van der Waals surface area contributed by atoms with Gasteiger partial charge in [-0.15, -0.1) is 0 Å². The van der Waals surface area contributed by atoms with E-state index < -0.39 is 17.7 Å². The van der Waals surface area contributed by atoms with Gasteiger partial charge in [-0.25, -0.2) is 14.4 Å². The van der Waals surface area contributed by atoms with E-state index in [0.29, 0.717) is 35.7 Å². The SMILES string of the molecule is CCCC(C(=O)O)c1c(C)nc2nc3n(c2c1-c1cc(F)c2c(c1C)CCCO2)CCC3. The van der Waals surface area contributed by atoms with E-state index in [4.69, 9.17) is 14.7 Å². The molecule has 0 radical (unpaired) electrons. The number of rotatable bonds is 5. The van der Waals surface area contributed by atoms with Crippen LogP contribution in [0.1, 0.15) is 66.7 Å². The molecule has 6 nitrogen and oxygen atoms in total. The molecule has 2 aliphatic heterocycles. The summed E-state index contributed by atoms with van der Waals surface area (Å²) in [6, 6.07) is 1.52. The molecule has 5 rings (SSSR count). The van der Waals surface area contributed by atoms with Crippen molar-refractivity contribution in [3.05, 3.63) is 40.1 Å². The number of aromatic nitrogens is 3. The first kappa shape index (κ1) is 20.9. The maximum Gasteiger partial charge on any atom is 0.311 e. The molecule has 3 aromatic rings. The second kappa shape index (κ2) is 7.87. The van der Waals surface area contributed by atoms with E-state index in [-0.39, 0.29) is 0 Å². The van der Waals surface area contributed by atoms with Crippen LogP contribution in [0.2, 0.25) is 0 Å². The minimum atomic E-state index is -0.877. The van der Waals surface area contributed by atoms with Crippen molar-refractivity contribution < 1.29 is 19.0 Å². The van der Waals surface area contributed by atoms with Crippen molar-refractivity contribution in [2.75, 3.05) is 6.61 Å². The number of imidazole rings is 1. The molecule has 1 N–H and O–H groups in total. The molecule has 168 valence electrons. The van der Waals surface area contributed by atoms with Crippen LogP contribution in [-0.2, 0) is 24.2 Å². The van der Waals surface area contributed by atoms with Crippen molar-refractivity contribution in [2.45, 2.75) is 71.8 Å². The number of hydrogen-bond acceptors (Lipinski definition) is 4. The molecule has 0 bridgehead atoms. The van der Waals surface area contributed by atoms with Gasteiger partial charge >= 0.3 is 5.97 Å². The van der Waals surface area contributed by atoms with Gasteiger partial charge in [0.1, 0.15) is 5.82 Å². The molecule has 1 unspecified atom stereocenters. The van der Waals surface area contributed by atoms with Gasteiger partial charge in [0.2, 0.25) is 0 Å². The predicted octanol–water partition coefficient (Wildman–Crippen LogP) is 5.09. The first-order valence-electron chi connectivity index (χ1n) is 11.5. The number of benzene rings is 1. The van der Waals surface area contributed by atoms with Crippen LogP contribution in [0, 0.1) is 19.7 Å². The second-order valence-electron chi connectivity index (χ2n) is 8.91. The molecular formula is C25H28FN3O3. The van der Waals surface area contributed by atoms with Gasteiger partial charge in [-0.05, 0) is 62.3 Å². The molecule has 1 atom stereocenters. The average molecular weight is 438 g/mol. The Hall–Kier alpha value is -2.96.